The van der Waals surface area contributed by atoms with Gasteiger partial charge in [0.2, 0.25) is 10.0 Å². The maximum atomic E-state index is 13.1. The average Bonchev–Trinajstić information content (AvgIpc) is 2.79. The number of amides is 1. The van der Waals surface area contributed by atoms with E-state index in [-0.39, 0.29) is 40.5 Å². The zero-order chi connectivity index (χ0) is 24.3. The Kier molecular flexibility index (Phi) is 8.05. The van der Waals surface area contributed by atoms with Crippen molar-refractivity contribution in [1.82, 2.24) is 9.62 Å². The zero-order valence-electron chi connectivity index (χ0n) is 19.6. The molecule has 0 aromatic heterocycles. The molecule has 180 valence electrons. The van der Waals surface area contributed by atoms with Gasteiger partial charge in [-0.05, 0) is 66.8 Å². The number of hydrogen-bond acceptors (Lipinski definition) is 5. The van der Waals surface area contributed by atoms with Crippen molar-refractivity contribution in [3.05, 3.63) is 57.6 Å². The summed E-state index contributed by atoms with van der Waals surface area (Å²) in [6.07, 6.45) is 0. The smallest absolute Gasteiger partial charge is 0.253 e. The second kappa shape index (κ2) is 10.4. The summed E-state index contributed by atoms with van der Waals surface area (Å²) in [5.74, 6) is 0.625. The first-order valence-electron chi connectivity index (χ1n) is 10.9. The number of hydrogen-bond donors (Lipinski definition) is 1. The molecule has 3 rings (SSSR count). The zero-order valence-corrected chi connectivity index (χ0v) is 21.2. The van der Waals surface area contributed by atoms with E-state index in [1.165, 1.54) is 22.5 Å². The Morgan fingerprint density at radius 2 is 1.79 bits per heavy atom. The lowest BCUT2D eigenvalue weighted by atomic mass is 9.93. The molecule has 0 saturated carbocycles. The maximum absolute atomic E-state index is 13.1. The number of rotatable bonds is 7. The van der Waals surface area contributed by atoms with Gasteiger partial charge in [0.1, 0.15) is 5.75 Å². The largest absolute Gasteiger partial charge is 0.496 e. The Labute approximate surface area is 201 Å². The first-order valence-corrected chi connectivity index (χ1v) is 12.7. The molecule has 0 unspecified atom stereocenters. The number of carbonyl (C=O) groups is 1. The molecule has 1 heterocycles. The fourth-order valence-electron chi connectivity index (χ4n) is 3.94. The number of ether oxygens (including phenoxy) is 2. The van der Waals surface area contributed by atoms with Crippen LogP contribution in [0.4, 0.5) is 0 Å². The first-order chi connectivity index (χ1) is 15.6. The fourth-order valence-corrected chi connectivity index (χ4v) is 5.58. The lowest BCUT2D eigenvalue weighted by Crippen LogP contribution is -2.40. The summed E-state index contributed by atoms with van der Waals surface area (Å²) in [7, 11) is -2.10. The van der Waals surface area contributed by atoms with Gasteiger partial charge >= 0.3 is 0 Å². The monoisotopic (exact) mass is 494 g/mol. The number of carbonyl (C=O) groups excluding carboxylic acids is 1. The number of morpholine rings is 1. The number of methoxy groups -OCH3 is 1. The molecule has 1 atom stereocenters. The number of halogens is 1. The van der Waals surface area contributed by atoms with Crippen LogP contribution in [0.25, 0.3) is 0 Å². The van der Waals surface area contributed by atoms with Gasteiger partial charge in [0.15, 0.2) is 0 Å². The van der Waals surface area contributed by atoms with Crippen LogP contribution in [-0.2, 0) is 14.8 Å². The summed E-state index contributed by atoms with van der Waals surface area (Å²) in [6, 6.07) is 7.91. The highest BCUT2D eigenvalue weighted by Gasteiger charge is 2.28. The number of sulfonamides is 1. The Bertz CT molecular complexity index is 1130. The van der Waals surface area contributed by atoms with Gasteiger partial charge in [0.05, 0.1) is 41.8 Å². The third-order valence-electron chi connectivity index (χ3n) is 5.84. The van der Waals surface area contributed by atoms with Crippen LogP contribution >= 0.6 is 11.6 Å². The Balaban J connectivity index is 1.87. The first kappa shape index (κ1) is 25.5. The van der Waals surface area contributed by atoms with Gasteiger partial charge in [0, 0.05) is 13.1 Å². The SMILES string of the molecule is COc1cc(C)c([C@H](C)NC(=O)c2cc(S(=O)(=O)N3CCOCC3)ccc2Cl)cc1C(C)C. The molecule has 0 spiro atoms. The Morgan fingerprint density at radius 3 is 2.39 bits per heavy atom. The molecule has 1 N–H and O–H groups in total. The Hall–Kier alpha value is -2.13. The molecule has 1 aliphatic heterocycles. The summed E-state index contributed by atoms with van der Waals surface area (Å²) in [5.41, 5.74) is 3.11. The van der Waals surface area contributed by atoms with Gasteiger partial charge in [-0.2, -0.15) is 4.31 Å². The summed E-state index contributed by atoms with van der Waals surface area (Å²) >= 11 is 6.29. The van der Waals surface area contributed by atoms with E-state index < -0.39 is 15.9 Å². The quantitative estimate of drug-likeness (QED) is 0.620. The molecule has 1 fully saturated rings. The van der Waals surface area contributed by atoms with Crippen LogP contribution in [0, 0.1) is 6.92 Å². The minimum atomic E-state index is -3.74. The van der Waals surface area contributed by atoms with E-state index in [9.17, 15) is 13.2 Å². The summed E-state index contributed by atoms with van der Waals surface area (Å²) in [5, 5.41) is 3.15. The molecule has 1 saturated heterocycles. The van der Waals surface area contributed by atoms with E-state index in [4.69, 9.17) is 21.1 Å². The molecule has 9 heteroatoms. The highest BCUT2D eigenvalue weighted by atomic mass is 35.5. The van der Waals surface area contributed by atoms with Crippen molar-refractivity contribution in [1.29, 1.82) is 0 Å². The van der Waals surface area contributed by atoms with Crippen LogP contribution in [0.15, 0.2) is 35.2 Å². The van der Waals surface area contributed by atoms with Crippen molar-refractivity contribution >= 4 is 27.5 Å². The molecule has 0 bridgehead atoms. The highest BCUT2D eigenvalue weighted by molar-refractivity contribution is 7.89. The van der Waals surface area contributed by atoms with Gasteiger partial charge in [-0.3, -0.25) is 4.79 Å². The van der Waals surface area contributed by atoms with Crippen LogP contribution in [-0.4, -0.2) is 52.0 Å². The van der Waals surface area contributed by atoms with E-state index in [2.05, 4.69) is 19.2 Å². The third-order valence-corrected chi connectivity index (χ3v) is 8.07. The van der Waals surface area contributed by atoms with Gasteiger partial charge in [0.25, 0.3) is 5.91 Å². The lowest BCUT2D eigenvalue weighted by molar-refractivity contribution is 0.0730. The van der Waals surface area contributed by atoms with Crippen LogP contribution < -0.4 is 10.1 Å². The van der Waals surface area contributed by atoms with Gasteiger partial charge in [-0.25, -0.2) is 8.42 Å². The standard InChI is InChI=1S/C24H31ClN2O5S/c1-15(2)19-14-20(16(3)12-23(19)31-5)17(4)26-24(28)21-13-18(6-7-22(21)25)33(29,30)27-8-10-32-11-9-27/h6-7,12-15,17H,8-11H2,1-5H3,(H,26,28)/t17-/m0/s1. The predicted molar refractivity (Wildman–Crippen MR) is 129 cm³/mol. The molecule has 0 radical (unpaired) electrons. The molecule has 2 aromatic rings. The van der Waals surface area contributed by atoms with E-state index in [1.54, 1.807) is 7.11 Å². The second-order valence-electron chi connectivity index (χ2n) is 8.46. The van der Waals surface area contributed by atoms with E-state index in [0.29, 0.717) is 13.2 Å². The Morgan fingerprint density at radius 1 is 1.12 bits per heavy atom. The lowest BCUT2D eigenvalue weighted by Gasteiger charge is -2.26. The molecule has 7 nitrogen and oxygen atoms in total. The predicted octanol–water partition coefficient (Wildman–Crippen LogP) is 4.29. The normalized spacial score (nSPS) is 16.0. The van der Waals surface area contributed by atoms with Crippen LogP contribution in [0.1, 0.15) is 59.8 Å². The summed E-state index contributed by atoms with van der Waals surface area (Å²) in [4.78, 5) is 13.1. The molecule has 0 aliphatic carbocycles. The molecule has 1 aliphatic rings. The summed E-state index contributed by atoms with van der Waals surface area (Å²) < 4.78 is 38.1. The van der Waals surface area contributed by atoms with Gasteiger partial charge < -0.3 is 14.8 Å². The van der Waals surface area contributed by atoms with Crippen molar-refractivity contribution in [2.45, 2.75) is 44.6 Å². The molecular weight excluding hydrogens is 464 g/mol. The van der Waals surface area contributed by atoms with E-state index >= 15 is 0 Å². The maximum Gasteiger partial charge on any atom is 0.253 e. The molecule has 33 heavy (non-hydrogen) atoms. The van der Waals surface area contributed by atoms with Crippen LogP contribution in [0.3, 0.4) is 0 Å². The van der Waals surface area contributed by atoms with Crippen molar-refractivity contribution in [2.24, 2.45) is 0 Å². The number of nitrogens with zero attached hydrogens (tertiary/aromatic N) is 1. The topological polar surface area (TPSA) is 84.9 Å². The van der Waals surface area contributed by atoms with Crippen molar-refractivity contribution in [2.75, 3.05) is 33.4 Å². The summed E-state index contributed by atoms with van der Waals surface area (Å²) in [6.45, 7) is 9.26. The molecule has 1 amide bonds. The van der Waals surface area contributed by atoms with Crippen molar-refractivity contribution < 1.29 is 22.7 Å². The third kappa shape index (κ3) is 5.51. The minimum absolute atomic E-state index is 0.0364. The number of nitrogens with one attached hydrogen (secondary N) is 1. The second-order valence-corrected chi connectivity index (χ2v) is 10.8. The van der Waals surface area contributed by atoms with Gasteiger partial charge in [-0.1, -0.05) is 25.4 Å². The van der Waals surface area contributed by atoms with E-state index in [0.717, 1.165) is 22.4 Å². The molecule has 2 aromatic carbocycles. The van der Waals surface area contributed by atoms with Crippen LogP contribution in [0.2, 0.25) is 5.02 Å². The van der Waals surface area contributed by atoms with E-state index in [1.807, 2.05) is 26.0 Å². The van der Waals surface area contributed by atoms with Crippen molar-refractivity contribution in [3.8, 4) is 5.75 Å². The van der Waals surface area contributed by atoms with Crippen LogP contribution in [0.5, 0.6) is 5.75 Å². The van der Waals surface area contributed by atoms with Crippen molar-refractivity contribution in [3.63, 3.8) is 0 Å². The number of benzene rings is 2. The molecular formula is C24H31ClN2O5S. The minimum Gasteiger partial charge on any atom is -0.496 e. The fraction of sp³-hybridized carbons (Fsp3) is 0.458. The highest BCUT2D eigenvalue weighted by Crippen LogP contribution is 2.32. The van der Waals surface area contributed by atoms with Gasteiger partial charge in [-0.15, -0.1) is 0 Å². The average molecular weight is 495 g/mol. The number of aryl methyl sites for hydroxylation is 1.